The lowest BCUT2D eigenvalue weighted by Gasteiger charge is -2.13. The maximum Gasteiger partial charge on any atom is 0.0456 e. The van der Waals surface area contributed by atoms with Gasteiger partial charge in [0.05, 0.1) is 0 Å². The Bertz CT molecular complexity index is 470. The monoisotopic (exact) mass is 230 g/mol. The van der Waals surface area contributed by atoms with E-state index in [2.05, 4.69) is 61.5 Å². The Labute approximate surface area is 103 Å². The Morgan fingerprint density at radius 2 is 1.94 bits per heavy atom. The molecule has 17 heavy (non-hydrogen) atoms. The van der Waals surface area contributed by atoms with Crippen LogP contribution in [0.5, 0.6) is 0 Å². The van der Waals surface area contributed by atoms with Crippen LogP contribution in [0.1, 0.15) is 38.7 Å². The molecule has 2 rings (SSSR count). The number of aromatic amines is 1. The summed E-state index contributed by atoms with van der Waals surface area (Å²) in [4.78, 5) is 3.35. The lowest BCUT2D eigenvalue weighted by Crippen LogP contribution is -2.24. The molecule has 0 bridgehead atoms. The van der Waals surface area contributed by atoms with Crippen molar-refractivity contribution in [2.45, 2.75) is 39.2 Å². The van der Waals surface area contributed by atoms with Crippen LogP contribution in [0.4, 0.5) is 0 Å². The van der Waals surface area contributed by atoms with Gasteiger partial charge in [-0.2, -0.15) is 0 Å². The molecule has 1 unspecified atom stereocenters. The van der Waals surface area contributed by atoms with E-state index < -0.39 is 0 Å². The highest BCUT2D eigenvalue weighted by Crippen LogP contribution is 2.26. The van der Waals surface area contributed by atoms with Gasteiger partial charge in [0.25, 0.3) is 0 Å². The fourth-order valence-corrected chi connectivity index (χ4v) is 2.25. The van der Waals surface area contributed by atoms with Gasteiger partial charge in [-0.05, 0) is 30.5 Å². The van der Waals surface area contributed by atoms with Crippen molar-refractivity contribution >= 4 is 10.9 Å². The molecule has 1 atom stereocenters. The zero-order chi connectivity index (χ0) is 12.3. The van der Waals surface area contributed by atoms with Gasteiger partial charge in [0.1, 0.15) is 0 Å². The highest BCUT2D eigenvalue weighted by Gasteiger charge is 2.10. The van der Waals surface area contributed by atoms with Crippen LogP contribution in [-0.2, 0) is 0 Å². The lowest BCUT2D eigenvalue weighted by molar-refractivity contribution is 0.542. The maximum atomic E-state index is 3.48. The summed E-state index contributed by atoms with van der Waals surface area (Å²) in [6.45, 7) is 7.77. The van der Waals surface area contributed by atoms with Gasteiger partial charge < -0.3 is 10.3 Å². The van der Waals surface area contributed by atoms with Crippen molar-refractivity contribution in [3.63, 3.8) is 0 Å². The van der Waals surface area contributed by atoms with Crippen LogP contribution >= 0.6 is 0 Å². The van der Waals surface area contributed by atoms with E-state index in [0.29, 0.717) is 12.0 Å². The zero-order valence-corrected chi connectivity index (χ0v) is 11.0. The molecule has 0 saturated carbocycles. The minimum Gasteiger partial charge on any atom is -0.361 e. The predicted octanol–water partition coefficient (Wildman–Crippen LogP) is 3.66. The summed E-state index contributed by atoms with van der Waals surface area (Å²) in [5.41, 5.74) is 2.68. The fourth-order valence-electron chi connectivity index (χ4n) is 2.25. The van der Waals surface area contributed by atoms with Gasteiger partial charge in [-0.15, -0.1) is 0 Å². The fraction of sp³-hybridized carbons (Fsp3) is 0.467. The van der Waals surface area contributed by atoms with E-state index in [1.54, 1.807) is 0 Å². The first kappa shape index (κ1) is 12.2. The second kappa shape index (κ2) is 5.37. The molecule has 2 heteroatoms. The molecule has 0 aliphatic heterocycles. The highest BCUT2D eigenvalue weighted by molar-refractivity contribution is 5.83. The van der Waals surface area contributed by atoms with Crippen LogP contribution < -0.4 is 5.32 Å². The third-order valence-electron chi connectivity index (χ3n) is 3.28. The van der Waals surface area contributed by atoms with Gasteiger partial charge in [0.2, 0.25) is 0 Å². The van der Waals surface area contributed by atoms with Crippen LogP contribution in [0.2, 0.25) is 0 Å². The Morgan fingerprint density at radius 1 is 1.18 bits per heavy atom. The molecule has 0 radical (unpaired) electrons. The number of benzene rings is 1. The number of nitrogens with one attached hydrogen (secondary N) is 2. The standard InChI is InChI=1S/C15H22N2/c1-11(2)16-9-8-12(3)14-10-17-15-7-5-4-6-13(14)15/h4-7,10-12,16-17H,8-9H2,1-3H3. The number of aromatic nitrogens is 1. The van der Waals surface area contributed by atoms with E-state index in [0.717, 1.165) is 6.54 Å². The predicted molar refractivity (Wildman–Crippen MR) is 74.5 cm³/mol. The molecule has 1 aromatic carbocycles. The highest BCUT2D eigenvalue weighted by atomic mass is 14.9. The van der Waals surface area contributed by atoms with Gasteiger partial charge in [-0.3, -0.25) is 0 Å². The van der Waals surface area contributed by atoms with E-state index in [1.807, 2.05) is 0 Å². The van der Waals surface area contributed by atoms with Gasteiger partial charge >= 0.3 is 0 Å². The number of hydrogen-bond donors (Lipinski definition) is 2. The van der Waals surface area contributed by atoms with Crippen LogP contribution in [0.15, 0.2) is 30.5 Å². The van der Waals surface area contributed by atoms with Gasteiger partial charge in [-0.1, -0.05) is 39.0 Å². The molecule has 0 fully saturated rings. The van der Waals surface area contributed by atoms with Gasteiger partial charge in [0, 0.05) is 23.1 Å². The summed E-state index contributed by atoms with van der Waals surface area (Å²) in [5, 5.41) is 4.84. The number of para-hydroxylation sites is 1. The molecule has 0 amide bonds. The van der Waals surface area contributed by atoms with Crippen molar-refractivity contribution in [3.8, 4) is 0 Å². The molecule has 1 heterocycles. The van der Waals surface area contributed by atoms with Crippen molar-refractivity contribution in [2.24, 2.45) is 0 Å². The molecule has 0 saturated heterocycles. The first-order valence-corrected chi connectivity index (χ1v) is 6.48. The second-order valence-corrected chi connectivity index (χ2v) is 5.09. The third-order valence-corrected chi connectivity index (χ3v) is 3.28. The van der Waals surface area contributed by atoms with E-state index in [9.17, 15) is 0 Å². The van der Waals surface area contributed by atoms with Crippen molar-refractivity contribution < 1.29 is 0 Å². The van der Waals surface area contributed by atoms with Crippen LogP contribution in [0, 0.1) is 0 Å². The third kappa shape index (κ3) is 2.89. The second-order valence-electron chi connectivity index (χ2n) is 5.09. The number of H-pyrrole nitrogens is 1. The summed E-state index contributed by atoms with van der Waals surface area (Å²) >= 11 is 0. The molecular weight excluding hydrogens is 208 g/mol. The summed E-state index contributed by atoms with van der Waals surface area (Å²) in [6, 6.07) is 9.10. The normalized spacial score (nSPS) is 13.4. The molecule has 1 aromatic heterocycles. The Hall–Kier alpha value is -1.28. The molecule has 0 aliphatic rings. The maximum absolute atomic E-state index is 3.48. The largest absolute Gasteiger partial charge is 0.361 e. The first-order chi connectivity index (χ1) is 8.18. The van der Waals surface area contributed by atoms with Gasteiger partial charge in [-0.25, -0.2) is 0 Å². The Balaban J connectivity index is 2.06. The topological polar surface area (TPSA) is 27.8 Å². The summed E-state index contributed by atoms with van der Waals surface area (Å²) in [5.74, 6) is 0.595. The van der Waals surface area contributed by atoms with E-state index >= 15 is 0 Å². The SMILES string of the molecule is CC(C)NCCC(C)c1c[nH]c2ccccc12. The first-order valence-electron chi connectivity index (χ1n) is 6.48. The molecule has 2 N–H and O–H groups in total. The molecule has 2 aromatic rings. The quantitative estimate of drug-likeness (QED) is 0.806. The minimum atomic E-state index is 0.574. The molecule has 92 valence electrons. The number of hydrogen-bond acceptors (Lipinski definition) is 1. The van der Waals surface area contributed by atoms with E-state index in [-0.39, 0.29) is 0 Å². The molecule has 2 nitrogen and oxygen atoms in total. The van der Waals surface area contributed by atoms with Crippen molar-refractivity contribution in [1.29, 1.82) is 0 Å². The Morgan fingerprint density at radius 3 is 2.71 bits per heavy atom. The van der Waals surface area contributed by atoms with Crippen molar-refractivity contribution in [2.75, 3.05) is 6.54 Å². The summed E-state index contributed by atoms with van der Waals surface area (Å²) < 4.78 is 0. The number of rotatable bonds is 5. The van der Waals surface area contributed by atoms with E-state index in [1.165, 1.54) is 22.9 Å². The smallest absolute Gasteiger partial charge is 0.0456 e. The summed E-state index contributed by atoms with van der Waals surface area (Å²) in [6.07, 6.45) is 3.34. The lowest BCUT2D eigenvalue weighted by atomic mass is 9.97. The molecule has 0 spiro atoms. The number of fused-ring (bicyclic) bond motifs is 1. The average molecular weight is 230 g/mol. The Kier molecular flexibility index (Phi) is 3.85. The van der Waals surface area contributed by atoms with Crippen LogP contribution in [-0.4, -0.2) is 17.6 Å². The van der Waals surface area contributed by atoms with Crippen LogP contribution in [0.25, 0.3) is 10.9 Å². The van der Waals surface area contributed by atoms with Gasteiger partial charge in [0.15, 0.2) is 0 Å². The van der Waals surface area contributed by atoms with Crippen LogP contribution in [0.3, 0.4) is 0 Å². The molecule has 0 aliphatic carbocycles. The van der Waals surface area contributed by atoms with Crippen molar-refractivity contribution in [1.82, 2.24) is 10.3 Å². The average Bonchev–Trinajstić information content (AvgIpc) is 2.72. The summed E-state index contributed by atoms with van der Waals surface area (Å²) in [7, 11) is 0. The van der Waals surface area contributed by atoms with Crippen molar-refractivity contribution in [3.05, 3.63) is 36.0 Å². The van der Waals surface area contributed by atoms with E-state index in [4.69, 9.17) is 0 Å². The molecular formula is C15H22N2. The minimum absolute atomic E-state index is 0.574. The zero-order valence-electron chi connectivity index (χ0n) is 11.0.